The van der Waals surface area contributed by atoms with Crippen molar-refractivity contribution in [2.24, 2.45) is 0 Å². The maximum Gasteiger partial charge on any atom is 0.0437 e. The first-order valence-corrected chi connectivity index (χ1v) is 4.03. The predicted octanol–water partition coefficient (Wildman–Crippen LogP) is 2.12. The van der Waals surface area contributed by atoms with Gasteiger partial charge in [-0.2, -0.15) is 11.8 Å². The summed E-state index contributed by atoms with van der Waals surface area (Å²) in [6.45, 7) is 2.23. The van der Waals surface area contributed by atoms with Gasteiger partial charge in [-0.3, -0.25) is 0 Å². The Morgan fingerprint density at radius 1 is 1.71 bits per heavy atom. The number of halogens is 1. The standard InChI is InChI=1S/C5H9ClS/c1-4-2-5(6)3-7-4/h4-5H,2-3H2,1H3. The summed E-state index contributed by atoms with van der Waals surface area (Å²) in [6, 6.07) is 0. The summed E-state index contributed by atoms with van der Waals surface area (Å²) >= 11 is 7.76. The van der Waals surface area contributed by atoms with E-state index in [1.54, 1.807) is 0 Å². The van der Waals surface area contributed by atoms with Crippen LogP contribution in [0.1, 0.15) is 13.3 Å². The van der Waals surface area contributed by atoms with E-state index in [2.05, 4.69) is 6.92 Å². The first-order chi connectivity index (χ1) is 3.29. The van der Waals surface area contributed by atoms with Crippen LogP contribution in [0.4, 0.5) is 0 Å². The smallest absolute Gasteiger partial charge is 0.0437 e. The van der Waals surface area contributed by atoms with Crippen molar-refractivity contribution in [1.82, 2.24) is 0 Å². The zero-order chi connectivity index (χ0) is 5.28. The topological polar surface area (TPSA) is 0 Å². The Morgan fingerprint density at radius 3 is 2.57 bits per heavy atom. The molecule has 0 aliphatic carbocycles. The number of hydrogen-bond acceptors (Lipinski definition) is 1. The van der Waals surface area contributed by atoms with Gasteiger partial charge in [0.15, 0.2) is 0 Å². The van der Waals surface area contributed by atoms with Gasteiger partial charge in [-0.05, 0) is 6.42 Å². The van der Waals surface area contributed by atoms with Gasteiger partial charge in [0, 0.05) is 16.4 Å². The zero-order valence-corrected chi connectivity index (χ0v) is 5.93. The Hall–Kier alpha value is 0.640. The van der Waals surface area contributed by atoms with Gasteiger partial charge in [0.25, 0.3) is 0 Å². The average Bonchev–Trinajstić information content (AvgIpc) is 1.87. The SMILES string of the molecule is CC1CC(Cl)CS1. The van der Waals surface area contributed by atoms with Gasteiger partial charge >= 0.3 is 0 Å². The zero-order valence-electron chi connectivity index (χ0n) is 4.36. The molecule has 0 bridgehead atoms. The molecule has 0 aromatic rings. The molecule has 7 heavy (non-hydrogen) atoms. The second kappa shape index (κ2) is 2.27. The molecule has 1 rings (SSSR count). The highest BCUT2D eigenvalue weighted by atomic mass is 35.5. The first kappa shape index (κ1) is 5.77. The number of hydrogen-bond donors (Lipinski definition) is 0. The van der Waals surface area contributed by atoms with Crippen LogP contribution in [0.15, 0.2) is 0 Å². The number of thioether (sulfide) groups is 1. The second-order valence-corrected chi connectivity index (χ2v) is 4.07. The fraction of sp³-hybridized carbons (Fsp3) is 1.00. The molecular formula is C5H9ClS. The lowest BCUT2D eigenvalue weighted by molar-refractivity contribution is 0.845. The lowest BCUT2D eigenvalue weighted by Crippen LogP contribution is -1.94. The van der Waals surface area contributed by atoms with Crippen LogP contribution in [-0.2, 0) is 0 Å². The Morgan fingerprint density at radius 2 is 2.43 bits per heavy atom. The summed E-state index contributed by atoms with van der Waals surface area (Å²) in [5.41, 5.74) is 0. The van der Waals surface area contributed by atoms with Crippen molar-refractivity contribution >= 4 is 23.4 Å². The average molecular weight is 137 g/mol. The van der Waals surface area contributed by atoms with Crippen molar-refractivity contribution < 1.29 is 0 Å². The number of rotatable bonds is 0. The molecule has 0 aromatic carbocycles. The van der Waals surface area contributed by atoms with Crippen LogP contribution < -0.4 is 0 Å². The van der Waals surface area contributed by atoms with Crippen molar-refractivity contribution in [2.45, 2.75) is 24.0 Å². The van der Waals surface area contributed by atoms with Crippen LogP contribution in [0.25, 0.3) is 0 Å². The van der Waals surface area contributed by atoms with E-state index in [-0.39, 0.29) is 0 Å². The van der Waals surface area contributed by atoms with Crippen LogP contribution in [0.2, 0.25) is 0 Å². The largest absolute Gasteiger partial charge is 0.157 e. The van der Waals surface area contributed by atoms with Crippen LogP contribution >= 0.6 is 23.4 Å². The normalized spacial score (nSPS) is 42.0. The van der Waals surface area contributed by atoms with E-state index in [9.17, 15) is 0 Å². The van der Waals surface area contributed by atoms with E-state index in [1.807, 2.05) is 11.8 Å². The van der Waals surface area contributed by atoms with Gasteiger partial charge in [-0.1, -0.05) is 6.92 Å². The van der Waals surface area contributed by atoms with Gasteiger partial charge in [0.05, 0.1) is 0 Å². The van der Waals surface area contributed by atoms with Crippen molar-refractivity contribution in [1.29, 1.82) is 0 Å². The van der Waals surface area contributed by atoms with E-state index in [0.717, 1.165) is 11.0 Å². The highest BCUT2D eigenvalue weighted by Crippen LogP contribution is 2.28. The minimum absolute atomic E-state index is 0.458. The highest BCUT2D eigenvalue weighted by molar-refractivity contribution is 8.00. The van der Waals surface area contributed by atoms with Crippen molar-refractivity contribution in [3.8, 4) is 0 Å². The maximum atomic E-state index is 5.79. The summed E-state index contributed by atoms with van der Waals surface area (Å²) in [4.78, 5) is 0. The van der Waals surface area contributed by atoms with E-state index >= 15 is 0 Å². The van der Waals surface area contributed by atoms with Crippen LogP contribution in [0, 0.1) is 0 Å². The molecule has 1 aliphatic rings. The van der Waals surface area contributed by atoms with E-state index in [1.165, 1.54) is 6.42 Å². The minimum atomic E-state index is 0.458. The molecular weight excluding hydrogens is 128 g/mol. The Kier molecular flexibility index (Phi) is 1.87. The lowest BCUT2D eigenvalue weighted by atomic mass is 10.3. The van der Waals surface area contributed by atoms with Gasteiger partial charge in [0.1, 0.15) is 0 Å². The number of alkyl halides is 1. The summed E-state index contributed by atoms with van der Waals surface area (Å²) in [5, 5.41) is 1.27. The molecule has 0 N–H and O–H groups in total. The van der Waals surface area contributed by atoms with E-state index in [4.69, 9.17) is 11.6 Å². The van der Waals surface area contributed by atoms with Gasteiger partial charge < -0.3 is 0 Å². The van der Waals surface area contributed by atoms with Crippen LogP contribution in [0.5, 0.6) is 0 Å². The van der Waals surface area contributed by atoms with E-state index < -0.39 is 0 Å². The third-order valence-corrected chi connectivity index (χ3v) is 3.02. The monoisotopic (exact) mass is 136 g/mol. The summed E-state index contributed by atoms with van der Waals surface area (Å²) in [7, 11) is 0. The molecule has 2 heteroatoms. The Bertz CT molecular complexity index is 57.1. The molecule has 0 aromatic heterocycles. The van der Waals surface area contributed by atoms with Crippen molar-refractivity contribution in [2.75, 3.05) is 5.75 Å². The van der Waals surface area contributed by atoms with Crippen LogP contribution in [0.3, 0.4) is 0 Å². The van der Waals surface area contributed by atoms with Gasteiger partial charge in [0.2, 0.25) is 0 Å². The molecule has 2 atom stereocenters. The maximum absolute atomic E-state index is 5.79. The minimum Gasteiger partial charge on any atom is -0.157 e. The van der Waals surface area contributed by atoms with Crippen LogP contribution in [-0.4, -0.2) is 16.4 Å². The van der Waals surface area contributed by atoms with Crippen molar-refractivity contribution in [3.05, 3.63) is 0 Å². The molecule has 0 spiro atoms. The summed E-state index contributed by atoms with van der Waals surface area (Å²) < 4.78 is 0. The molecule has 0 saturated carbocycles. The predicted molar refractivity (Wildman–Crippen MR) is 36.2 cm³/mol. The summed E-state index contributed by atoms with van der Waals surface area (Å²) in [6.07, 6.45) is 1.20. The van der Waals surface area contributed by atoms with Gasteiger partial charge in [-0.25, -0.2) is 0 Å². The molecule has 1 aliphatic heterocycles. The second-order valence-electron chi connectivity index (χ2n) is 1.98. The third kappa shape index (κ3) is 1.54. The fourth-order valence-electron chi connectivity index (χ4n) is 0.765. The fourth-order valence-corrected chi connectivity index (χ4v) is 2.40. The van der Waals surface area contributed by atoms with Gasteiger partial charge in [-0.15, -0.1) is 11.6 Å². The lowest BCUT2D eigenvalue weighted by Gasteiger charge is -1.93. The Balaban J connectivity index is 2.26. The molecule has 0 nitrogen and oxygen atoms in total. The quantitative estimate of drug-likeness (QED) is 0.460. The van der Waals surface area contributed by atoms with E-state index in [0.29, 0.717) is 5.38 Å². The molecule has 42 valence electrons. The highest BCUT2D eigenvalue weighted by Gasteiger charge is 2.18. The third-order valence-electron chi connectivity index (χ3n) is 1.15. The summed E-state index contributed by atoms with van der Waals surface area (Å²) in [5.74, 6) is 1.16. The molecule has 0 amide bonds. The molecule has 0 radical (unpaired) electrons. The Labute approximate surface area is 53.6 Å². The molecule has 2 unspecified atom stereocenters. The molecule has 1 heterocycles. The molecule has 1 saturated heterocycles. The first-order valence-electron chi connectivity index (χ1n) is 2.54. The van der Waals surface area contributed by atoms with Crippen molar-refractivity contribution in [3.63, 3.8) is 0 Å². The molecule has 1 fully saturated rings.